The molecule has 1 aliphatic rings. The molecule has 0 unspecified atom stereocenters. The van der Waals surface area contributed by atoms with Crippen LogP contribution in [0.15, 0.2) is 42.5 Å². The summed E-state index contributed by atoms with van der Waals surface area (Å²) in [5.41, 5.74) is 7.05. The summed E-state index contributed by atoms with van der Waals surface area (Å²) in [6.45, 7) is 7.48. The van der Waals surface area contributed by atoms with Gasteiger partial charge >= 0.3 is 6.03 Å². The Morgan fingerprint density at radius 1 is 1.03 bits per heavy atom. The van der Waals surface area contributed by atoms with Crippen LogP contribution >= 0.6 is 0 Å². The van der Waals surface area contributed by atoms with Crippen molar-refractivity contribution in [2.75, 3.05) is 34.4 Å². The van der Waals surface area contributed by atoms with Crippen molar-refractivity contribution in [1.29, 1.82) is 0 Å². The predicted octanol–water partition coefficient (Wildman–Crippen LogP) is 3.21. The number of hydrogen-bond donors (Lipinski definition) is 2. The quantitative estimate of drug-likeness (QED) is 0.597. The molecule has 0 spiro atoms. The molecule has 2 aromatic rings. The van der Waals surface area contributed by atoms with E-state index in [2.05, 4.69) is 29.6 Å². The van der Waals surface area contributed by atoms with Gasteiger partial charge in [0.15, 0.2) is 15.6 Å². The van der Waals surface area contributed by atoms with Gasteiger partial charge in [0.25, 0.3) is 0 Å². The molecule has 0 radical (unpaired) electrons. The van der Waals surface area contributed by atoms with E-state index in [0.717, 1.165) is 24.3 Å². The maximum Gasteiger partial charge on any atom is 0.341 e. The second-order valence-electron chi connectivity index (χ2n) is 7.58. The summed E-state index contributed by atoms with van der Waals surface area (Å²) in [7, 11) is -3.28. The van der Waals surface area contributed by atoms with Crippen molar-refractivity contribution in [2.45, 2.75) is 33.7 Å². The number of fused-ring (bicyclic) bond motifs is 2. The van der Waals surface area contributed by atoms with Gasteiger partial charge in [-0.05, 0) is 38.1 Å². The molecule has 3 rings (SSSR count). The smallest absolute Gasteiger partial charge is 0.341 e. The minimum Gasteiger partial charge on any atom is -0.455 e. The van der Waals surface area contributed by atoms with Gasteiger partial charge in [0, 0.05) is 36.5 Å². The van der Waals surface area contributed by atoms with Gasteiger partial charge in [-0.2, -0.15) is 0 Å². The molecule has 9 nitrogen and oxygen atoms in total. The third-order valence-corrected chi connectivity index (χ3v) is 7.22. The van der Waals surface area contributed by atoms with E-state index in [0.29, 0.717) is 17.2 Å². The Balaban J connectivity index is 1.84. The third-order valence-electron chi connectivity index (χ3n) is 5.52. The highest BCUT2D eigenvalue weighted by Gasteiger charge is 2.26. The number of ether oxygens (including phenoxy) is 1. The number of amides is 3. The van der Waals surface area contributed by atoms with E-state index in [9.17, 15) is 18.0 Å². The molecule has 33 heavy (non-hydrogen) atoms. The van der Waals surface area contributed by atoms with Crippen molar-refractivity contribution in [2.24, 2.45) is 0 Å². The first-order valence-corrected chi connectivity index (χ1v) is 12.8. The summed E-state index contributed by atoms with van der Waals surface area (Å²) in [5.74, 6) is 0.284. The molecule has 178 valence electrons. The van der Waals surface area contributed by atoms with Crippen LogP contribution in [0.3, 0.4) is 0 Å². The summed E-state index contributed by atoms with van der Waals surface area (Å²) < 4.78 is 29.4. The van der Waals surface area contributed by atoms with Gasteiger partial charge in [-0.3, -0.25) is 15.1 Å². The maximum absolute atomic E-state index is 13.1. The molecule has 3 amide bonds. The fraction of sp³-hybridized carbons (Fsp3) is 0.391. The first-order valence-electron chi connectivity index (χ1n) is 11.0. The summed E-state index contributed by atoms with van der Waals surface area (Å²) in [5, 5.41) is 0. The van der Waals surface area contributed by atoms with E-state index in [4.69, 9.17) is 4.74 Å². The lowest BCUT2D eigenvalue weighted by Gasteiger charge is -2.26. The van der Waals surface area contributed by atoms with Crippen molar-refractivity contribution in [3.63, 3.8) is 0 Å². The van der Waals surface area contributed by atoms with Crippen LogP contribution in [0.4, 0.5) is 16.2 Å². The van der Waals surface area contributed by atoms with Gasteiger partial charge in [0.2, 0.25) is 5.91 Å². The summed E-state index contributed by atoms with van der Waals surface area (Å²) in [4.78, 5) is 28.9. The summed E-state index contributed by atoms with van der Waals surface area (Å²) in [6, 6.07) is 12.6. The Hall–Kier alpha value is -3.27. The molecule has 0 saturated heterocycles. The minimum absolute atomic E-state index is 0.0362. The van der Waals surface area contributed by atoms with Gasteiger partial charge in [-0.15, -0.1) is 0 Å². The minimum atomic E-state index is -3.28. The zero-order chi connectivity index (χ0) is 24.0. The van der Waals surface area contributed by atoms with Crippen LogP contribution in [-0.4, -0.2) is 45.0 Å². The molecule has 0 atom stereocenters. The molecule has 10 heteroatoms. The van der Waals surface area contributed by atoms with E-state index in [1.807, 2.05) is 42.5 Å². The highest BCUT2D eigenvalue weighted by Crippen LogP contribution is 2.41. The number of hydrazine groups is 1. The number of para-hydroxylation sites is 1. The Labute approximate surface area is 194 Å². The Morgan fingerprint density at radius 2 is 1.76 bits per heavy atom. The van der Waals surface area contributed by atoms with Crippen LogP contribution in [0.25, 0.3) is 0 Å². The molecule has 0 bridgehead atoms. The average molecular weight is 475 g/mol. The maximum atomic E-state index is 13.1. The van der Waals surface area contributed by atoms with E-state index in [-0.39, 0.29) is 24.5 Å². The lowest BCUT2D eigenvalue weighted by Crippen LogP contribution is -2.49. The van der Waals surface area contributed by atoms with Crippen molar-refractivity contribution in [3.05, 3.63) is 48.0 Å². The fourth-order valence-corrected chi connectivity index (χ4v) is 4.31. The van der Waals surface area contributed by atoms with Crippen LogP contribution in [0.2, 0.25) is 0 Å². The van der Waals surface area contributed by atoms with Crippen molar-refractivity contribution < 1.29 is 22.7 Å². The highest BCUT2D eigenvalue weighted by molar-refractivity contribution is 7.91. The predicted molar refractivity (Wildman–Crippen MR) is 128 cm³/mol. The van der Waals surface area contributed by atoms with Gasteiger partial charge in [-0.1, -0.05) is 25.1 Å². The SMILES string of the molecule is CCN(CC)c1ccc2c(c1)N(C(=O)NNC(=O)CCS(=O)(=O)CC)Cc1ccccc1O2. The van der Waals surface area contributed by atoms with Gasteiger partial charge in [0.05, 0.1) is 18.0 Å². The molecular formula is C23H30N4O5S. The normalized spacial score (nSPS) is 12.6. The van der Waals surface area contributed by atoms with Gasteiger partial charge in [0.1, 0.15) is 5.75 Å². The number of carbonyl (C=O) groups is 2. The Bertz CT molecular complexity index is 1120. The molecule has 0 aliphatic carbocycles. The monoisotopic (exact) mass is 474 g/mol. The standard InChI is InChI=1S/C23H30N4O5S/c1-4-26(5-2)18-11-12-21-19(15-18)27(16-17-9-7-8-10-20(17)32-21)23(29)25-24-22(28)13-14-33(30,31)6-3/h7-12,15H,4-6,13-14,16H2,1-3H3,(H,24,28)(H,25,29). The van der Waals surface area contributed by atoms with Crippen LogP contribution in [0.1, 0.15) is 32.8 Å². The lowest BCUT2D eigenvalue weighted by molar-refractivity contribution is -0.121. The largest absolute Gasteiger partial charge is 0.455 e. The average Bonchev–Trinajstić information content (AvgIpc) is 2.98. The Morgan fingerprint density at radius 3 is 2.45 bits per heavy atom. The molecule has 2 aromatic carbocycles. The first-order chi connectivity index (χ1) is 15.8. The van der Waals surface area contributed by atoms with E-state index < -0.39 is 21.8 Å². The van der Waals surface area contributed by atoms with Crippen LogP contribution in [0.5, 0.6) is 11.5 Å². The van der Waals surface area contributed by atoms with Gasteiger partial charge < -0.3 is 9.64 Å². The summed E-state index contributed by atoms with van der Waals surface area (Å²) >= 11 is 0. The van der Waals surface area contributed by atoms with E-state index >= 15 is 0 Å². The molecule has 1 heterocycles. The topological polar surface area (TPSA) is 108 Å². The molecular weight excluding hydrogens is 444 g/mol. The summed E-state index contributed by atoms with van der Waals surface area (Å²) in [6.07, 6.45) is -0.231. The number of rotatable bonds is 7. The first kappa shape index (κ1) is 24.4. The number of sulfone groups is 1. The second-order valence-corrected chi connectivity index (χ2v) is 10.1. The Kier molecular flexibility index (Phi) is 7.80. The third kappa shape index (κ3) is 5.95. The second kappa shape index (κ2) is 10.6. The number of urea groups is 1. The number of anilines is 2. The van der Waals surface area contributed by atoms with Crippen molar-refractivity contribution >= 4 is 33.2 Å². The molecule has 0 saturated carbocycles. The van der Waals surface area contributed by atoms with Gasteiger partial charge in [-0.25, -0.2) is 18.6 Å². The van der Waals surface area contributed by atoms with Crippen LogP contribution in [0, 0.1) is 0 Å². The van der Waals surface area contributed by atoms with Crippen molar-refractivity contribution in [3.8, 4) is 11.5 Å². The number of carbonyl (C=O) groups excluding carboxylic acids is 2. The number of nitrogens with zero attached hydrogens (tertiary/aromatic N) is 2. The van der Waals surface area contributed by atoms with Crippen LogP contribution in [-0.2, 0) is 21.2 Å². The zero-order valence-corrected chi connectivity index (χ0v) is 19.9. The molecule has 2 N–H and O–H groups in total. The fourth-order valence-electron chi connectivity index (χ4n) is 3.52. The number of nitrogens with one attached hydrogen (secondary N) is 2. The van der Waals surface area contributed by atoms with E-state index in [1.165, 1.54) is 11.8 Å². The lowest BCUT2D eigenvalue weighted by atomic mass is 10.2. The molecule has 0 fully saturated rings. The number of hydrogen-bond acceptors (Lipinski definition) is 6. The van der Waals surface area contributed by atoms with Crippen LogP contribution < -0.4 is 25.4 Å². The molecule has 0 aromatic heterocycles. The van der Waals surface area contributed by atoms with E-state index in [1.54, 1.807) is 0 Å². The molecule has 1 aliphatic heterocycles. The highest BCUT2D eigenvalue weighted by atomic mass is 32.2. The zero-order valence-electron chi connectivity index (χ0n) is 19.1. The van der Waals surface area contributed by atoms with Crippen molar-refractivity contribution in [1.82, 2.24) is 10.9 Å². The number of benzene rings is 2.